The van der Waals surface area contributed by atoms with E-state index in [9.17, 15) is 0 Å². The molecule has 0 spiro atoms. The maximum atomic E-state index is 4.08. The molecule has 3 aromatic rings. The smallest absolute Gasteiger partial charge is 0.0458 e. The lowest BCUT2D eigenvalue weighted by molar-refractivity contribution is 1.32. The first-order chi connectivity index (χ1) is 8.42. The Labute approximate surface area is 99.6 Å². The van der Waals surface area contributed by atoms with Crippen LogP contribution < -0.4 is 0 Å². The van der Waals surface area contributed by atoms with Gasteiger partial charge in [0, 0.05) is 23.6 Å². The molecule has 1 aromatic carbocycles. The molecule has 0 saturated carbocycles. The summed E-state index contributed by atoms with van der Waals surface area (Å²) in [6, 6.07) is 14.4. The van der Waals surface area contributed by atoms with Gasteiger partial charge in [0.25, 0.3) is 0 Å². The molecule has 0 saturated heterocycles. The molecule has 0 atom stereocenters. The van der Waals surface area contributed by atoms with Crippen LogP contribution in [-0.2, 0) is 0 Å². The number of rotatable bonds is 2. The van der Waals surface area contributed by atoms with E-state index in [0.29, 0.717) is 0 Å². The Balaban J connectivity index is 1.92. The van der Waals surface area contributed by atoms with Crippen molar-refractivity contribution in [1.29, 1.82) is 0 Å². The summed E-state index contributed by atoms with van der Waals surface area (Å²) in [6.07, 6.45) is 7.74. The highest BCUT2D eigenvalue weighted by molar-refractivity contribution is 5.84. The summed E-state index contributed by atoms with van der Waals surface area (Å²) in [5, 5.41) is 1.23. The Morgan fingerprint density at radius 2 is 1.94 bits per heavy atom. The normalized spacial score (nSPS) is 11.3. The molecular weight excluding hydrogens is 208 g/mol. The quantitative estimate of drug-likeness (QED) is 0.700. The zero-order chi connectivity index (χ0) is 11.5. The van der Waals surface area contributed by atoms with Gasteiger partial charge in [0.15, 0.2) is 0 Å². The highest BCUT2D eigenvalue weighted by atomic mass is 14.7. The van der Waals surface area contributed by atoms with Gasteiger partial charge in [-0.2, -0.15) is 0 Å². The van der Waals surface area contributed by atoms with Gasteiger partial charge in [-0.1, -0.05) is 30.3 Å². The Morgan fingerprint density at radius 3 is 2.76 bits per heavy atom. The third kappa shape index (κ3) is 2.11. The van der Waals surface area contributed by atoms with Crippen LogP contribution in [0.25, 0.3) is 23.1 Å². The number of fused-ring (bicyclic) bond motifs is 1. The average Bonchev–Trinajstić information content (AvgIpc) is 2.80. The van der Waals surface area contributed by atoms with Crippen molar-refractivity contribution < 1.29 is 0 Å². The van der Waals surface area contributed by atoms with E-state index in [1.54, 1.807) is 6.20 Å². The van der Waals surface area contributed by atoms with E-state index in [0.717, 1.165) is 11.3 Å². The fourth-order valence-electron chi connectivity index (χ4n) is 1.85. The second-order valence-corrected chi connectivity index (χ2v) is 3.93. The monoisotopic (exact) mass is 220 g/mol. The van der Waals surface area contributed by atoms with Gasteiger partial charge >= 0.3 is 0 Å². The first kappa shape index (κ1) is 9.85. The number of nitrogens with one attached hydrogen (secondary N) is 1. The molecule has 2 heterocycles. The van der Waals surface area contributed by atoms with E-state index >= 15 is 0 Å². The molecule has 3 rings (SSSR count). The number of nitrogens with zero attached hydrogens (tertiary/aromatic N) is 1. The Morgan fingerprint density at radius 1 is 1.00 bits per heavy atom. The van der Waals surface area contributed by atoms with Gasteiger partial charge in [0.1, 0.15) is 0 Å². The zero-order valence-electron chi connectivity index (χ0n) is 9.30. The van der Waals surface area contributed by atoms with E-state index in [1.165, 1.54) is 10.9 Å². The predicted molar refractivity (Wildman–Crippen MR) is 71.5 cm³/mol. The van der Waals surface area contributed by atoms with Crippen LogP contribution in [0.15, 0.2) is 54.9 Å². The Hall–Kier alpha value is -2.35. The first-order valence-electron chi connectivity index (χ1n) is 5.58. The van der Waals surface area contributed by atoms with E-state index in [-0.39, 0.29) is 0 Å². The molecular formula is C15H12N2. The van der Waals surface area contributed by atoms with Crippen molar-refractivity contribution in [3.8, 4) is 0 Å². The molecule has 0 aliphatic carbocycles. The van der Waals surface area contributed by atoms with Gasteiger partial charge in [-0.05, 0) is 35.2 Å². The van der Waals surface area contributed by atoms with Crippen molar-refractivity contribution in [3.63, 3.8) is 0 Å². The van der Waals surface area contributed by atoms with E-state index in [4.69, 9.17) is 0 Å². The number of hydrogen-bond donors (Lipinski definition) is 1. The summed E-state index contributed by atoms with van der Waals surface area (Å²) in [6.45, 7) is 0. The molecule has 2 heteroatoms. The van der Waals surface area contributed by atoms with Gasteiger partial charge in [0.05, 0.1) is 0 Å². The second-order valence-electron chi connectivity index (χ2n) is 3.93. The molecule has 0 bridgehead atoms. The third-order valence-corrected chi connectivity index (χ3v) is 2.69. The first-order valence-corrected chi connectivity index (χ1v) is 5.58. The zero-order valence-corrected chi connectivity index (χ0v) is 9.30. The predicted octanol–water partition coefficient (Wildman–Crippen LogP) is 3.73. The number of hydrogen-bond acceptors (Lipinski definition) is 1. The number of aromatic amines is 1. The van der Waals surface area contributed by atoms with Gasteiger partial charge in [-0.3, -0.25) is 4.98 Å². The van der Waals surface area contributed by atoms with Crippen molar-refractivity contribution in [1.82, 2.24) is 9.97 Å². The van der Waals surface area contributed by atoms with Crippen LogP contribution in [0.5, 0.6) is 0 Å². The highest BCUT2D eigenvalue weighted by Gasteiger charge is 1.95. The van der Waals surface area contributed by atoms with Crippen LogP contribution in [0.4, 0.5) is 0 Å². The average molecular weight is 220 g/mol. The van der Waals surface area contributed by atoms with Gasteiger partial charge in [-0.15, -0.1) is 0 Å². The number of pyridine rings is 1. The molecule has 17 heavy (non-hydrogen) atoms. The van der Waals surface area contributed by atoms with Crippen molar-refractivity contribution >= 4 is 23.1 Å². The fourth-order valence-corrected chi connectivity index (χ4v) is 1.85. The molecule has 82 valence electrons. The molecule has 0 aliphatic rings. The molecule has 2 nitrogen and oxygen atoms in total. The maximum Gasteiger partial charge on any atom is 0.0458 e. The molecule has 0 radical (unpaired) electrons. The molecule has 1 N–H and O–H groups in total. The number of H-pyrrole nitrogens is 1. The minimum Gasteiger partial charge on any atom is -0.355 e. The second kappa shape index (κ2) is 4.26. The Bertz CT molecular complexity index is 618. The topological polar surface area (TPSA) is 28.7 Å². The molecule has 2 aromatic heterocycles. The van der Waals surface area contributed by atoms with Crippen LogP contribution >= 0.6 is 0 Å². The van der Waals surface area contributed by atoms with Crippen LogP contribution in [-0.4, -0.2) is 9.97 Å². The summed E-state index contributed by atoms with van der Waals surface area (Å²) in [5.74, 6) is 0. The molecule has 0 unspecified atom stereocenters. The highest BCUT2D eigenvalue weighted by Crippen LogP contribution is 2.16. The molecule has 0 amide bonds. The van der Waals surface area contributed by atoms with E-state index in [1.807, 2.05) is 30.5 Å². The summed E-state index contributed by atoms with van der Waals surface area (Å²) in [7, 11) is 0. The summed E-state index contributed by atoms with van der Waals surface area (Å²) < 4.78 is 0. The summed E-state index contributed by atoms with van der Waals surface area (Å²) in [5.41, 5.74) is 3.37. The summed E-state index contributed by atoms with van der Waals surface area (Å²) in [4.78, 5) is 7.44. The lowest BCUT2D eigenvalue weighted by Crippen LogP contribution is -1.74. The number of aromatic nitrogens is 2. The van der Waals surface area contributed by atoms with Gasteiger partial charge in [-0.25, -0.2) is 0 Å². The van der Waals surface area contributed by atoms with Crippen LogP contribution in [0.3, 0.4) is 0 Å². The SMILES string of the molecule is C(=C\c1cc2ccccc2[nH]1)/c1cccnc1. The maximum absolute atomic E-state index is 4.08. The van der Waals surface area contributed by atoms with Crippen LogP contribution in [0.2, 0.25) is 0 Å². The molecule has 0 fully saturated rings. The van der Waals surface area contributed by atoms with Crippen molar-refractivity contribution in [2.24, 2.45) is 0 Å². The molecule has 0 aliphatic heterocycles. The van der Waals surface area contributed by atoms with Crippen molar-refractivity contribution in [3.05, 3.63) is 66.1 Å². The lowest BCUT2D eigenvalue weighted by atomic mass is 10.2. The largest absolute Gasteiger partial charge is 0.355 e. The number of para-hydroxylation sites is 1. The Kier molecular flexibility index (Phi) is 2.47. The van der Waals surface area contributed by atoms with Crippen molar-refractivity contribution in [2.75, 3.05) is 0 Å². The van der Waals surface area contributed by atoms with Crippen molar-refractivity contribution in [2.45, 2.75) is 0 Å². The minimum absolute atomic E-state index is 1.10. The fraction of sp³-hybridized carbons (Fsp3) is 0. The van der Waals surface area contributed by atoms with Crippen LogP contribution in [0.1, 0.15) is 11.3 Å². The van der Waals surface area contributed by atoms with Crippen LogP contribution in [0, 0.1) is 0 Å². The van der Waals surface area contributed by atoms with Gasteiger partial charge in [0.2, 0.25) is 0 Å². The van der Waals surface area contributed by atoms with Gasteiger partial charge < -0.3 is 4.98 Å². The van der Waals surface area contributed by atoms with E-state index in [2.05, 4.69) is 40.3 Å². The van der Waals surface area contributed by atoms with E-state index < -0.39 is 0 Å². The lowest BCUT2D eigenvalue weighted by Gasteiger charge is -1.89. The summed E-state index contributed by atoms with van der Waals surface area (Å²) >= 11 is 0. The number of benzene rings is 1. The minimum atomic E-state index is 1.10. The standard InChI is InChI=1S/C15H12N2/c1-2-6-15-13(5-1)10-14(17-15)8-7-12-4-3-9-16-11-12/h1-11,17H/b8-7+. The third-order valence-electron chi connectivity index (χ3n) is 2.69.